The Morgan fingerprint density at radius 3 is 2.93 bits per heavy atom. The molecular weight excluding hydrogens is 180 g/mol. The second-order valence-corrected chi connectivity index (χ2v) is 3.32. The molecule has 1 heterocycles. The Labute approximate surface area is 84.7 Å². The Bertz CT molecular complexity index is 189. The van der Waals surface area contributed by atoms with Crippen molar-refractivity contribution in [3.05, 3.63) is 12.7 Å². The predicted octanol–water partition coefficient (Wildman–Crippen LogP) is 0.0572. The molecule has 0 unspecified atom stereocenters. The molecule has 0 spiro atoms. The van der Waals surface area contributed by atoms with Crippen LogP contribution < -0.4 is 10.6 Å². The van der Waals surface area contributed by atoms with Crippen LogP contribution in [0.1, 0.15) is 12.8 Å². The number of piperidine rings is 1. The van der Waals surface area contributed by atoms with Crippen molar-refractivity contribution in [3.8, 4) is 0 Å². The SMILES string of the molecule is C=CC(=O)NCCOC1CCNCC1. The molecule has 4 nitrogen and oxygen atoms in total. The zero-order valence-corrected chi connectivity index (χ0v) is 8.42. The van der Waals surface area contributed by atoms with Gasteiger partial charge in [-0.15, -0.1) is 0 Å². The monoisotopic (exact) mass is 198 g/mol. The third kappa shape index (κ3) is 4.39. The fourth-order valence-electron chi connectivity index (χ4n) is 1.43. The van der Waals surface area contributed by atoms with E-state index in [1.807, 2.05) is 0 Å². The van der Waals surface area contributed by atoms with Crippen LogP contribution in [0.25, 0.3) is 0 Å². The molecule has 0 aliphatic carbocycles. The van der Waals surface area contributed by atoms with E-state index in [1.165, 1.54) is 6.08 Å². The molecule has 4 heteroatoms. The van der Waals surface area contributed by atoms with E-state index in [4.69, 9.17) is 4.74 Å². The average Bonchev–Trinajstić information content (AvgIpc) is 2.25. The predicted molar refractivity (Wildman–Crippen MR) is 55.1 cm³/mol. The van der Waals surface area contributed by atoms with E-state index >= 15 is 0 Å². The molecule has 0 saturated carbocycles. The third-order valence-corrected chi connectivity index (χ3v) is 2.23. The number of carbonyl (C=O) groups is 1. The Morgan fingerprint density at radius 1 is 1.57 bits per heavy atom. The van der Waals surface area contributed by atoms with Gasteiger partial charge in [0.05, 0.1) is 12.7 Å². The highest BCUT2D eigenvalue weighted by atomic mass is 16.5. The molecule has 80 valence electrons. The van der Waals surface area contributed by atoms with Crippen molar-refractivity contribution in [2.24, 2.45) is 0 Å². The average molecular weight is 198 g/mol. The minimum Gasteiger partial charge on any atom is -0.376 e. The quantitative estimate of drug-likeness (QED) is 0.485. The summed E-state index contributed by atoms with van der Waals surface area (Å²) in [4.78, 5) is 10.8. The van der Waals surface area contributed by atoms with E-state index in [0.29, 0.717) is 19.3 Å². The van der Waals surface area contributed by atoms with Gasteiger partial charge in [0.25, 0.3) is 0 Å². The maximum absolute atomic E-state index is 10.8. The Kier molecular flexibility index (Phi) is 5.25. The lowest BCUT2D eigenvalue weighted by atomic mass is 10.1. The zero-order chi connectivity index (χ0) is 10.2. The summed E-state index contributed by atoms with van der Waals surface area (Å²) in [5.74, 6) is -0.140. The van der Waals surface area contributed by atoms with E-state index in [-0.39, 0.29) is 5.91 Å². The molecule has 2 N–H and O–H groups in total. The van der Waals surface area contributed by atoms with Crippen LogP contribution in [0.5, 0.6) is 0 Å². The molecule has 0 aromatic heterocycles. The first-order valence-corrected chi connectivity index (χ1v) is 5.05. The van der Waals surface area contributed by atoms with Crippen LogP contribution in [0.2, 0.25) is 0 Å². The highest BCUT2D eigenvalue weighted by Crippen LogP contribution is 2.05. The van der Waals surface area contributed by atoms with Gasteiger partial charge in [0.1, 0.15) is 0 Å². The third-order valence-electron chi connectivity index (χ3n) is 2.23. The standard InChI is InChI=1S/C10H18N2O2/c1-2-10(13)12-7-8-14-9-3-5-11-6-4-9/h2,9,11H,1,3-8H2,(H,12,13). The molecule has 0 aromatic rings. The molecule has 1 aliphatic heterocycles. The van der Waals surface area contributed by atoms with Crippen LogP contribution in [-0.2, 0) is 9.53 Å². The van der Waals surface area contributed by atoms with Gasteiger partial charge in [-0.05, 0) is 32.0 Å². The number of rotatable bonds is 5. The van der Waals surface area contributed by atoms with E-state index in [9.17, 15) is 4.79 Å². The van der Waals surface area contributed by atoms with Crippen LogP contribution in [0.3, 0.4) is 0 Å². The summed E-state index contributed by atoms with van der Waals surface area (Å²) in [7, 11) is 0. The maximum atomic E-state index is 10.8. The molecule has 0 atom stereocenters. The highest BCUT2D eigenvalue weighted by molar-refractivity contribution is 5.86. The summed E-state index contributed by atoms with van der Waals surface area (Å²) >= 11 is 0. The summed E-state index contributed by atoms with van der Waals surface area (Å²) in [5.41, 5.74) is 0. The first-order valence-electron chi connectivity index (χ1n) is 5.05. The zero-order valence-electron chi connectivity index (χ0n) is 8.42. The van der Waals surface area contributed by atoms with E-state index in [2.05, 4.69) is 17.2 Å². The van der Waals surface area contributed by atoms with Crippen molar-refractivity contribution < 1.29 is 9.53 Å². The van der Waals surface area contributed by atoms with Crippen molar-refractivity contribution in [1.82, 2.24) is 10.6 Å². The lowest BCUT2D eigenvalue weighted by Gasteiger charge is -2.22. The summed E-state index contributed by atoms with van der Waals surface area (Å²) in [6.07, 6.45) is 3.76. The van der Waals surface area contributed by atoms with Gasteiger partial charge in [-0.25, -0.2) is 0 Å². The second-order valence-electron chi connectivity index (χ2n) is 3.32. The molecule has 0 radical (unpaired) electrons. The molecule has 1 aliphatic rings. The molecule has 1 amide bonds. The molecule has 0 bridgehead atoms. The number of ether oxygens (including phenoxy) is 1. The van der Waals surface area contributed by atoms with Crippen molar-refractivity contribution in [2.45, 2.75) is 18.9 Å². The molecule has 1 fully saturated rings. The Balaban J connectivity index is 1.97. The number of carbonyl (C=O) groups excluding carboxylic acids is 1. The van der Waals surface area contributed by atoms with Crippen LogP contribution in [0, 0.1) is 0 Å². The van der Waals surface area contributed by atoms with Gasteiger partial charge >= 0.3 is 0 Å². The minimum absolute atomic E-state index is 0.140. The van der Waals surface area contributed by atoms with Gasteiger partial charge in [0.2, 0.25) is 5.91 Å². The van der Waals surface area contributed by atoms with Crippen LogP contribution in [0.15, 0.2) is 12.7 Å². The molecule has 1 saturated heterocycles. The first-order chi connectivity index (χ1) is 6.83. The van der Waals surface area contributed by atoms with E-state index in [0.717, 1.165) is 25.9 Å². The van der Waals surface area contributed by atoms with Crippen molar-refractivity contribution in [1.29, 1.82) is 0 Å². The molecular formula is C10H18N2O2. The Hall–Kier alpha value is -0.870. The van der Waals surface area contributed by atoms with E-state index in [1.54, 1.807) is 0 Å². The Morgan fingerprint density at radius 2 is 2.29 bits per heavy atom. The van der Waals surface area contributed by atoms with Crippen LogP contribution in [-0.4, -0.2) is 38.3 Å². The van der Waals surface area contributed by atoms with Gasteiger partial charge in [-0.2, -0.15) is 0 Å². The van der Waals surface area contributed by atoms with Gasteiger partial charge in [-0.1, -0.05) is 6.58 Å². The van der Waals surface area contributed by atoms with Gasteiger partial charge in [0, 0.05) is 6.54 Å². The van der Waals surface area contributed by atoms with Crippen molar-refractivity contribution >= 4 is 5.91 Å². The van der Waals surface area contributed by atoms with Crippen molar-refractivity contribution in [3.63, 3.8) is 0 Å². The smallest absolute Gasteiger partial charge is 0.243 e. The number of hydrogen-bond acceptors (Lipinski definition) is 3. The van der Waals surface area contributed by atoms with Crippen molar-refractivity contribution in [2.75, 3.05) is 26.2 Å². The summed E-state index contributed by atoms with van der Waals surface area (Å²) < 4.78 is 5.59. The van der Waals surface area contributed by atoms with Gasteiger partial charge in [-0.3, -0.25) is 4.79 Å². The fourth-order valence-corrected chi connectivity index (χ4v) is 1.43. The normalized spacial score (nSPS) is 17.7. The summed E-state index contributed by atoms with van der Waals surface area (Å²) in [5, 5.41) is 5.94. The number of nitrogens with one attached hydrogen (secondary N) is 2. The second kappa shape index (κ2) is 6.56. The fraction of sp³-hybridized carbons (Fsp3) is 0.700. The lowest BCUT2D eigenvalue weighted by molar-refractivity contribution is -0.116. The van der Waals surface area contributed by atoms with Gasteiger partial charge < -0.3 is 15.4 Å². The first kappa shape index (κ1) is 11.2. The lowest BCUT2D eigenvalue weighted by Crippen LogP contribution is -2.34. The van der Waals surface area contributed by atoms with Crippen LogP contribution in [0.4, 0.5) is 0 Å². The maximum Gasteiger partial charge on any atom is 0.243 e. The summed E-state index contributed by atoms with van der Waals surface area (Å²) in [6.45, 7) is 6.58. The topological polar surface area (TPSA) is 50.4 Å². The number of amides is 1. The minimum atomic E-state index is -0.140. The highest BCUT2D eigenvalue weighted by Gasteiger charge is 2.12. The van der Waals surface area contributed by atoms with Crippen LogP contribution >= 0.6 is 0 Å². The van der Waals surface area contributed by atoms with Gasteiger partial charge in [0.15, 0.2) is 0 Å². The molecule has 0 aromatic carbocycles. The molecule has 1 rings (SSSR count). The molecule has 14 heavy (non-hydrogen) atoms. The van der Waals surface area contributed by atoms with E-state index < -0.39 is 0 Å². The largest absolute Gasteiger partial charge is 0.376 e. The number of hydrogen-bond donors (Lipinski definition) is 2. The summed E-state index contributed by atoms with van der Waals surface area (Å²) in [6, 6.07) is 0.